The van der Waals surface area contributed by atoms with Crippen molar-refractivity contribution < 1.29 is 4.79 Å². The van der Waals surface area contributed by atoms with Crippen molar-refractivity contribution in [3.63, 3.8) is 0 Å². The van der Waals surface area contributed by atoms with E-state index in [0.717, 1.165) is 31.3 Å². The Bertz CT molecular complexity index is 429. The van der Waals surface area contributed by atoms with Gasteiger partial charge in [-0.2, -0.15) is 0 Å². The minimum atomic E-state index is -1.22. The van der Waals surface area contributed by atoms with Crippen molar-refractivity contribution in [2.75, 3.05) is 0 Å². The summed E-state index contributed by atoms with van der Waals surface area (Å²) in [6.45, 7) is 12.4. The number of carbonyl (C=O) groups excluding carboxylic acids is 1. The third kappa shape index (κ3) is 3.01. The van der Waals surface area contributed by atoms with Gasteiger partial charge in [-0.15, -0.1) is 12.6 Å². The Hall–Kier alpha value is 0.154. The molecule has 0 aromatic carbocycles. The molecule has 1 atom stereocenters. The highest BCUT2D eigenvalue weighted by Gasteiger charge is 2.50. The van der Waals surface area contributed by atoms with Crippen LogP contribution in [-0.4, -0.2) is 31.9 Å². The standard InChI is InChI=1S/C15H29NOSSi2/c1-6-12-11-13(7-8-14(12)15(17)18)16-19(2,3)9-10-20(16,4)5/h13H,6-11H2,1-5H3,(H,17,18). The molecule has 2 rings (SSSR count). The molecule has 0 aromatic heterocycles. The lowest BCUT2D eigenvalue weighted by Crippen LogP contribution is -2.60. The first kappa shape index (κ1) is 16.5. The topological polar surface area (TPSA) is 20.3 Å². The lowest BCUT2D eigenvalue weighted by atomic mass is 9.88. The van der Waals surface area contributed by atoms with Crippen molar-refractivity contribution >= 4 is 34.2 Å². The first-order valence-corrected chi connectivity index (χ1v) is 14.7. The van der Waals surface area contributed by atoms with E-state index in [1.165, 1.54) is 17.7 Å². The van der Waals surface area contributed by atoms with Gasteiger partial charge in [0.15, 0.2) is 0 Å². The lowest BCUT2D eigenvalue weighted by Gasteiger charge is -2.47. The van der Waals surface area contributed by atoms with Crippen molar-refractivity contribution in [2.45, 2.75) is 76.9 Å². The van der Waals surface area contributed by atoms with Gasteiger partial charge in [-0.3, -0.25) is 4.79 Å². The Morgan fingerprint density at radius 3 is 2.25 bits per heavy atom. The summed E-state index contributed by atoms with van der Waals surface area (Å²) < 4.78 is 3.01. The summed E-state index contributed by atoms with van der Waals surface area (Å²) in [5.41, 5.74) is 2.40. The van der Waals surface area contributed by atoms with E-state index in [-0.39, 0.29) is 5.12 Å². The fourth-order valence-corrected chi connectivity index (χ4v) is 19.8. The molecule has 2 nitrogen and oxygen atoms in total. The fraction of sp³-hybridized carbons (Fsp3) is 0.800. The largest absolute Gasteiger partial charge is 0.343 e. The van der Waals surface area contributed by atoms with Crippen LogP contribution >= 0.6 is 12.6 Å². The van der Waals surface area contributed by atoms with E-state index in [9.17, 15) is 4.79 Å². The molecule has 0 radical (unpaired) electrons. The second-order valence-corrected chi connectivity index (χ2v) is 17.7. The Morgan fingerprint density at radius 2 is 1.80 bits per heavy atom. The van der Waals surface area contributed by atoms with Gasteiger partial charge in [-0.05, 0) is 37.8 Å². The number of hydrogen-bond acceptors (Lipinski definition) is 2. The molecule has 0 saturated carbocycles. The Balaban J connectivity index is 2.26. The molecule has 1 aliphatic heterocycles. The summed E-state index contributed by atoms with van der Waals surface area (Å²) >= 11 is 4.07. The highest BCUT2D eigenvalue weighted by molar-refractivity contribution is 7.97. The van der Waals surface area contributed by atoms with E-state index in [1.807, 2.05) is 0 Å². The van der Waals surface area contributed by atoms with Gasteiger partial charge in [0, 0.05) is 11.6 Å². The van der Waals surface area contributed by atoms with Gasteiger partial charge < -0.3 is 4.23 Å². The summed E-state index contributed by atoms with van der Waals surface area (Å²) in [7, 11) is -2.43. The molecule has 1 saturated heterocycles. The number of rotatable bonds is 3. The molecule has 114 valence electrons. The fourth-order valence-electron chi connectivity index (χ4n) is 4.49. The van der Waals surface area contributed by atoms with Gasteiger partial charge in [0.05, 0.1) is 0 Å². The van der Waals surface area contributed by atoms with Crippen LogP contribution in [0.4, 0.5) is 0 Å². The molecule has 20 heavy (non-hydrogen) atoms. The second kappa shape index (κ2) is 5.74. The molecular weight excluding hydrogens is 298 g/mol. The third-order valence-corrected chi connectivity index (χ3v) is 16.0. The third-order valence-electron chi connectivity index (χ3n) is 5.34. The van der Waals surface area contributed by atoms with Crippen molar-refractivity contribution in [3.05, 3.63) is 11.1 Å². The molecule has 0 spiro atoms. The molecule has 2 aliphatic rings. The van der Waals surface area contributed by atoms with E-state index < -0.39 is 16.5 Å². The minimum absolute atomic E-state index is 0.00901. The molecule has 1 aliphatic carbocycles. The normalized spacial score (nSPS) is 29.8. The molecular formula is C15H29NOSSi2. The van der Waals surface area contributed by atoms with Crippen LogP contribution in [0.3, 0.4) is 0 Å². The Labute approximate surface area is 131 Å². The molecule has 0 bridgehead atoms. The van der Waals surface area contributed by atoms with Crippen molar-refractivity contribution in [1.29, 1.82) is 0 Å². The zero-order valence-corrected chi connectivity index (χ0v) is 16.5. The predicted octanol–water partition coefficient (Wildman–Crippen LogP) is 4.43. The average Bonchev–Trinajstić information content (AvgIpc) is 2.57. The van der Waals surface area contributed by atoms with Crippen LogP contribution in [0.25, 0.3) is 0 Å². The molecule has 0 N–H and O–H groups in total. The summed E-state index contributed by atoms with van der Waals surface area (Å²) in [6.07, 6.45) is 4.24. The van der Waals surface area contributed by atoms with Crippen LogP contribution in [0.1, 0.15) is 32.6 Å². The minimum Gasteiger partial charge on any atom is -0.343 e. The van der Waals surface area contributed by atoms with Crippen LogP contribution < -0.4 is 0 Å². The summed E-state index contributed by atoms with van der Waals surface area (Å²) in [5, 5.41) is 0.00901. The van der Waals surface area contributed by atoms with E-state index >= 15 is 0 Å². The zero-order valence-electron chi connectivity index (χ0n) is 13.6. The summed E-state index contributed by atoms with van der Waals surface area (Å²) in [5.74, 6) is 0. The number of hydrogen-bond donors (Lipinski definition) is 1. The maximum atomic E-state index is 11.7. The molecule has 0 aromatic rings. The maximum absolute atomic E-state index is 11.7. The van der Waals surface area contributed by atoms with Gasteiger partial charge in [-0.25, -0.2) is 0 Å². The quantitative estimate of drug-likeness (QED) is 0.611. The van der Waals surface area contributed by atoms with Crippen LogP contribution in [0, 0.1) is 0 Å². The average molecular weight is 328 g/mol. The summed E-state index contributed by atoms with van der Waals surface area (Å²) in [4.78, 5) is 11.7. The molecule has 0 amide bonds. The smallest absolute Gasteiger partial charge is 0.212 e. The van der Waals surface area contributed by atoms with Crippen LogP contribution in [0.2, 0.25) is 38.3 Å². The van der Waals surface area contributed by atoms with Gasteiger partial charge >= 0.3 is 0 Å². The number of nitrogens with zero attached hydrogens (tertiary/aromatic N) is 1. The Kier molecular flexibility index (Phi) is 4.74. The number of carbonyl (C=O) groups is 1. The van der Waals surface area contributed by atoms with Gasteiger partial charge in [0.25, 0.3) is 0 Å². The monoisotopic (exact) mass is 327 g/mol. The second-order valence-electron chi connectivity index (χ2n) is 7.63. The molecule has 1 unspecified atom stereocenters. The highest BCUT2D eigenvalue weighted by Crippen LogP contribution is 2.43. The van der Waals surface area contributed by atoms with Gasteiger partial charge in [-0.1, -0.05) is 38.7 Å². The lowest BCUT2D eigenvalue weighted by molar-refractivity contribution is -0.108. The SMILES string of the molecule is CCC1=C(C(=O)S)CCC(N2[Si](C)(C)CC[Si]2(C)C)C1. The van der Waals surface area contributed by atoms with Crippen LogP contribution in [0.15, 0.2) is 11.1 Å². The van der Waals surface area contributed by atoms with Crippen LogP contribution in [0.5, 0.6) is 0 Å². The molecule has 1 heterocycles. The van der Waals surface area contributed by atoms with Gasteiger partial charge in [0.2, 0.25) is 5.12 Å². The first-order chi connectivity index (χ1) is 9.19. The first-order valence-electron chi connectivity index (χ1n) is 7.92. The van der Waals surface area contributed by atoms with E-state index in [2.05, 4.69) is 50.0 Å². The Morgan fingerprint density at radius 1 is 1.25 bits per heavy atom. The van der Waals surface area contributed by atoms with Crippen molar-refractivity contribution in [1.82, 2.24) is 4.23 Å². The van der Waals surface area contributed by atoms with E-state index in [4.69, 9.17) is 0 Å². The van der Waals surface area contributed by atoms with E-state index in [0.29, 0.717) is 6.04 Å². The van der Waals surface area contributed by atoms with Gasteiger partial charge in [0.1, 0.15) is 16.5 Å². The maximum Gasteiger partial charge on any atom is 0.212 e. The number of thiol groups is 1. The molecule has 5 heteroatoms. The van der Waals surface area contributed by atoms with E-state index in [1.54, 1.807) is 0 Å². The predicted molar refractivity (Wildman–Crippen MR) is 95.4 cm³/mol. The molecule has 1 fully saturated rings. The van der Waals surface area contributed by atoms with Crippen LogP contribution in [-0.2, 0) is 4.79 Å². The zero-order chi connectivity index (χ0) is 15.1. The van der Waals surface area contributed by atoms with Crippen molar-refractivity contribution in [2.24, 2.45) is 0 Å². The summed E-state index contributed by atoms with van der Waals surface area (Å²) in [6, 6.07) is 3.63. The van der Waals surface area contributed by atoms with Crippen molar-refractivity contribution in [3.8, 4) is 0 Å². The highest BCUT2D eigenvalue weighted by atomic mass is 32.1.